The number of nitrogens with one attached hydrogen (secondary N) is 2. The molecular formula is C21H26N2O4S. The molecule has 28 heavy (non-hydrogen) atoms. The monoisotopic (exact) mass is 402 g/mol. The summed E-state index contributed by atoms with van der Waals surface area (Å²) in [5.41, 5.74) is 3.77. The molecule has 1 atom stereocenters. The summed E-state index contributed by atoms with van der Waals surface area (Å²) < 4.78 is 33.7. The molecule has 7 heteroatoms. The van der Waals surface area contributed by atoms with Crippen LogP contribution in [0.5, 0.6) is 5.75 Å². The number of carbonyl (C=O) groups excluding carboxylic acids is 1. The van der Waals surface area contributed by atoms with Gasteiger partial charge in [0.2, 0.25) is 10.0 Å². The first kappa shape index (κ1) is 20.4. The Morgan fingerprint density at radius 1 is 1.14 bits per heavy atom. The Morgan fingerprint density at radius 2 is 1.89 bits per heavy atom. The van der Waals surface area contributed by atoms with Crippen LogP contribution in [-0.2, 0) is 22.9 Å². The summed E-state index contributed by atoms with van der Waals surface area (Å²) >= 11 is 0. The Labute approximate surface area is 166 Å². The first-order valence-electron chi connectivity index (χ1n) is 9.46. The van der Waals surface area contributed by atoms with Crippen LogP contribution in [0, 0.1) is 0 Å². The number of sulfonamides is 1. The summed E-state index contributed by atoms with van der Waals surface area (Å²) in [5.74, 6) is -0.0420. The number of rotatable bonds is 7. The summed E-state index contributed by atoms with van der Waals surface area (Å²) in [4.78, 5) is 12.3. The van der Waals surface area contributed by atoms with Gasteiger partial charge in [-0.15, -0.1) is 0 Å². The molecule has 0 unspecified atom stereocenters. The lowest BCUT2D eigenvalue weighted by molar-refractivity contribution is 0.0952. The fraction of sp³-hybridized carbons (Fsp3) is 0.381. The summed E-state index contributed by atoms with van der Waals surface area (Å²) in [7, 11) is -2.36. The molecule has 0 radical (unpaired) electrons. The van der Waals surface area contributed by atoms with Crippen molar-refractivity contribution in [2.45, 2.75) is 44.0 Å². The third kappa shape index (κ3) is 4.20. The van der Waals surface area contributed by atoms with Crippen molar-refractivity contribution in [3.05, 3.63) is 58.7 Å². The van der Waals surface area contributed by atoms with Crippen LogP contribution in [0.4, 0.5) is 0 Å². The second kappa shape index (κ2) is 8.32. The number of fused-ring (bicyclic) bond motifs is 1. The Hall–Kier alpha value is -2.38. The molecule has 0 aromatic heterocycles. The van der Waals surface area contributed by atoms with Gasteiger partial charge in [0, 0.05) is 12.6 Å². The maximum Gasteiger partial charge on any atom is 0.255 e. The highest BCUT2D eigenvalue weighted by molar-refractivity contribution is 7.89. The fourth-order valence-corrected chi connectivity index (χ4v) is 4.78. The minimum atomic E-state index is -3.80. The van der Waals surface area contributed by atoms with Crippen molar-refractivity contribution in [2.75, 3.05) is 13.7 Å². The van der Waals surface area contributed by atoms with Gasteiger partial charge in [0.25, 0.3) is 5.91 Å². The molecule has 0 aliphatic heterocycles. The Balaban J connectivity index is 1.86. The van der Waals surface area contributed by atoms with Crippen LogP contribution < -0.4 is 14.8 Å². The minimum absolute atomic E-state index is 0.0302. The molecule has 150 valence electrons. The zero-order valence-electron chi connectivity index (χ0n) is 16.4. The van der Waals surface area contributed by atoms with Crippen LogP contribution in [0.3, 0.4) is 0 Å². The Kier molecular flexibility index (Phi) is 6.05. The molecule has 0 fully saturated rings. The first-order valence-corrected chi connectivity index (χ1v) is 10.9. The molecule has 1 aliphatic carbocycles. The average molecular weight is 403 g/mol. The Bertz CT molecular complexity index is 986. The van der Waals surface area contributed by atoms with E-state index in [0.29, 0.717) is 12.3 Å². The number of hydrogen-bond donors (Lipinski definition) is 2. The summed E-state index contributed by atoms with van der Waals surface area (Å²) in [6.07, 6.45) is 3.27. The van der Waals surface area contributed by atoms with Crippen LogP contribution in [0.1, 0.15) is 53.4 Å². The normalized spacial score (nSPS) is 14.4. The second-order valence-electron chi connectivity index (χ2n) is 6.95. The molecule has 0 saturated heterocycles. The molecule has 0 spiro atoms. The molecule has 1 aliphatic rings. The van der Waals surface area contributed by atoms with Crippen LogP contribution in [0.15, 0.2) is 41.3 Å². The van der Waals surface area contributed by atoms with Crippen LogP contribution in [0.25, 0.3) is 0 Å². The Morgan fingerprint density at radius 3 is 2.61 bits per heavy atom. The number of ether oxygens (including phenoxy) is 1. The summed E-state index contributed by atoms with van der Waals surface area (Å²) in [5, 5.41) is 2.67. The SMILES string of the molecule is CCNC(=O)c1cc(S(=O)(=O)N[C@@H](C)c2ccc3c(c2)CCC3)ccc1OC. The minimum Gasteiger partial charge on any atom is -0.496 e. The average Bonchev–Trinajstić information content (AvgIpc) is 3.15. The van der Waals surface area contributed by atoms with E-state index in [0.717, 1.165) is 24.8 Å². The van der Waals surface area contributed by atoms with E-state index in [2.05, 4.69) is 22.2 Å². The largest absolute Gasteiger partial charge is 0.496 e. The highest BCUT2D eigenvalue weighted by Gasteiger charge is 2.23. The lowest BCUT2D eigenvalue weighted by Crippen LogP contribution is -2.28. The van der Waals surface area contributed by atoms with Crippen molar-refractivity contribution in [1.82, 2.24) is 10.0 Å². The fourth-order valence-electron chi connectivity index (χ4n) is 3.52. The number of amides is 1. The van der Waals surface area contributed by atoms with Crippen LogP contribution in [0.2, 0.25) is 0 Å². The van der Waals surface area contributed by atoms with Crippen molar-refractivity contribution in [2.24, 2.45) is 0 Å². The van der Waals surface area contributed by atoms with Gasteiger partial charge in [-0.1, -0.05) is 18.2 Å². The van der Waals surface area contributed by atoms with Gasteiger partial charge in [-0.2, -0.15) is 0 Å². The molecule has 2 aromatic carbocycles. The molecule has 1 amide bonds. The standard InChI is InChI=1S/C21H26N2O4S/c1-4-22-21(24)19-13-18(10-11-20(19)27-3)28(25,26)23-14(2)16-9-8-15-6-5-7-17(15)12-16/h8-14,23H,4-7H2,1-3H3,(H,22,24)/t14-/m0/s1. The van der Waals surface area contributed by atoms with E-state index in [-0.39, 0.29) is 22.4 Å². The molecule has 0 bridgehead atoms. The zero-order chi connectivity index (χ0) is 20.3. The van der Waals surface area contributed by atoms with Gasteiger partial charge < -0.3 is 10.1 Å². The summed E-state index contributed by atoms with van der Waals surface area (Å²) in [6.45, 7) is 4.06. The quantitative estimate of drug-likeness (QED) is 0.746. The maximum absolute atomic E-state index is 12.9. The predicted octanol–water partition coefficient (Wildman–Crippen LogP) is 2.97. The third-order valence-corrected chi connectivity index (χ3v) is 6.56. The number of benzene rings is 2. The zero-order valence-corrected chi connectivity index (χ0v) is 17.2. The molecule has 6 nitrogen and oxygen atoms in total. The smallest absolute Gasteiger partial charge is 0.255 e. The number of methoxy groups -OCH3 is 1. The van der Waals surface area contributed by atoms with E-state index in [9.17, 15) is 13.2 Å². The lowest BCUT2D eigenvalue weighted by Gasteiger charge is -2.17. The van der Waals surface area contributed by atoms with E-state index in [1.165, 1.54) is 36.4 Å². The van der Waals surface area contributed by atoms with Gasteiger partial charge in [-0.25, -0.2) is 13.1 Å². The van der Waals surface area contributed by atoms with Crippen molar-refractivity contribution < 1.29 is 17.9 Å². The van der Waals surface area contributed by atoms with E-state index in [1.54, 1.807) is 6.92 Å². The third-order valence-electron chi connectivity index (χ3n) is 5.02. The van der Waals surface area contributed by atoms with Gasteiger partial charge in [0.15, 0.2) is 0 Å². The lowest BCUT2D eigenvalue weighted by atomic mass is 10.0. The van der Waals surface area contributed by atoms with Crippen molar-refractivity contribution in [1.29, 1.82) is 0 Å². The van der Waals surface area contributed by atoms with E-state index in [4.69, 9.17) is 4.74 Å². The number of aryl methyl sites for hydroxylation is 2. The predicted molar refractivity (Wildman–Crippen MR) is 108 cm³/mol. The van der Waals surface area contributed by atoms with Gasteiger partial charge in [0.1, 0.15) is 5.75 Å². The molecule has 0 saturated carbocycles. The topological polar surface area (TPSA) is 84.5 Å². The van der Waals surface area contributed by atoms with Crippen molar-refractivity contribution in [3.63, 3.8) is 0 Å². The number of hydrogen-bond acceptors (Lipinski definition) is 4. The van der Waals surface area contributed by atoms with Gasteiger partial charge in [-0.05, 0) is 68.0 Å². The molecule has 2 aromatic rings. The highest BCUT2D eigenvalue weighted by Crippen LogP contribution is 2.27. The molecule has 3 rings (SSSR count). The van der Waals surface area contributed by atoms with Gasteiger partial charge in [-0.3, -0.25) is 4.79 Å². The van der Waals surface area contributed by atoms with Crippen molar-refractivity contribution >= 4 is 15.9 Å². The van der Waals surface area contributed by atoms with Crippen LogP contribution in [-0.4, -0.2) is 28.0 Å². The summed E-state index contributed by atoms with van der Waals surface area (Å²) in [6, 6.07) is 10.1. The maximum atomic E-state index is 12.9. The second-order valence-corrected chi connectivity index (χ2v) is 8.66. The van der Waals surface area contributed by atoms with E-state index >= 15 is 0 Å². The van der Waals surface area contributed by atoms with Gasteiger partial charge >= 0.3 is 0 Å². The van der Waals surface area contributed by atoms with Gasteiger partial charge in [0.05, 0.1) is 17.6 Å². The first-order chi connectivity index (χ1) is 13.4. The van der Waals surface area contributed by atoms with E-state index < -0.39 is 10.0 Å². The number of carbonyl (C=O) groups is 1. The van der Waals surface area contributed by atoms with Crippen molar-refractivity contribution in [3.8, 4) is 5.75 Å². The molecule has 0 heterocycles. The van der Waals surface area contributed by atoms with E-state index in [1.807, 2.05) is 13.0 Å². The van der Waals surface area contributed by atoms with Crippen LogP contribution >= 0.6 is 0 Å². The molecular weight excluding hydrogens is 376 g/mol. The molecule has 2 N–H and O–H groups in total. The highest BCUT2D eigenvalue weighted by atomic mass is 32.2.